The van der Waals surface area contributed by atoms with E-state index in [-0.39, 0.29) is 37.0 Å². The number of benzene rings is 2. The summed E-state index contributed by atoms with van der Waals surface area (Å²) < 4.78 is 1.67. The van der Waals surface area contributed by atoms with Crippen molar-refractivity contribution in [2.45, 2.75) is 32.9 Å². The molecule has 0 aliphatic carbocycles. The lowest BCUT2D eigenvalue weighted by atomic mass is 10.1. The average Bonchev–Trinajstić information content (AvgIpc) is 3.38. The monoisotopic (exact) mass is 508 g/mol. The maximum absolute atomic E-state index is 13.7. The molecule has 0 saturated carbocycles. The quantitative estimate of drug-likeness (QED) is 0.531. The molecule has 4 rings (SSSR count). The van der Waals surface area contributed by atoms with Gasteiger partial charge in [0.05, 0.1) is 22.8 Å². The molecule has 0 radical (unpaired) electrons. The molecule has 2 N–H and O–H groups in total. The summed E-state index contributed by atoms with van der Waals surface area (Å²) >= 11 is 6.55. The first kappa shape index (κ1) is 25.2. The molecule has 188 valence electrons. The molecule has 36 heavy (non-hydrogen) atoms. The molecule has 1 atom stereocenters. The van der Waals surface area contributed by atoms with Crippen molar-refractivity contribution in [2.24, 2.45) is 0 Å². The predicted molar refractivity (Wildman–Crippen MR) is 138 cm³/mol. The van der Waals surface area contributed by atoms with Crippen LogP contribution in [0, 0.1) is 0 Å². The summed E-state index contributed by atoms with van der Waals surface area (Å²) in [6, 6.07) is 13.8. The van der Waals surface area contributed by atoms with Gasteiger partial charge in [-0.3, -0.25) is 9.59 Å². The van der Waals surface area contributed by atoms with Crippen molar-refractivity contribution in [3.8, 4) is 5.69 Å². The van der Waals surface area contributed by atoms with Crippen LogP contribution in [-0.2, 0) is 11.3 Å². The second-order valence-electron chi connectivity index (χ2n) is 8.64. The zero-order valence-corrected chi connectivity index (χ0v) is 21.0. The Balaban J connectivity index is 1.56. The standard InChI is InChI=1S/C26H29ClN6O3/c1-3-11-28-24(34)15-29-26(36)31-17-19-7-4-5-8-23(19)32(16-18(31)2)25(35)21-10-9-20(14-22(21)27)33-13-6-12-30-33/h4-10,12-14,18H,3,11,15-17H2,1-2H3,(H,28,34)(H,29,36)/t18-/m1/s1. The van der Waals surface area contributed by atoms with Gasteiger partial charge in [-0.2, -0.15) is 5.10 Å². The molecule has 2 aromatic carbocycles. The van der Waals surface area contributed by atoms with Crippen LogP contribution in [0.5, 0.6) is 0 Å². The highest BCUT2D eigenvalue weighted by molar-refractivity contribution is 6.34. The number of rotatable bonds is 6. The number of aromatic nitrogens is 2. The van der Waals surface area contributed by atoms with E-state index >= 15 is 0 Å². The number of anilines is 1. The first-order valence-corrected chi connectivity index (χ1v) is 12.3. The zero-order chi connectivity index (χ0) is 25.7. The fourth-order valence-electron chi connectivity index (χ4n) is 4.14. The van der Waals surface area contributed by atoms with E-state index in [1.165, 1.54) is 0 Å². The van der Waals surface area contributed by atoms with Crippen molar-refractivity contribution in [1.82, 2.24) is 25.3 Å². The Bertz CT molecular complexity index is 1250. The van der Waals surface area contributed by atoms with Gasteiger partial charge in [0.15, 0.2) is 0 Å². The number of carbonyl (C=O) groups is 3. The van der Waals surface area contributed by atoms with E-state index in [1.54, 1.807) is 45.1 Å². The van der Waals surface area contributed by atoms with Gasteiger partial charge in [-0.05, 0) is 49.2 Å². The number of amides is 4. The van der Waals surface area contributed by atoms with Gasteiger partial charge in [0, 0.05) is 43.8 Å². The molecule has 1 aromatic heterocycles. The molecule has 4 amide bonds. The van der Waals surface area contributed by atoms with Gasteiger partial charge in [-0.1, -0.05) is 36.7 Å². The highest BCUT2D eigenvalue weighted by Gasteiger charge is 2.32. The van der Waals surface area contributed by atoms with E-state index < -0.39 is 0 Å². The van der Waals surface area contributed by atoms with Crippen LogP contribution in [0.1, 0.15) is 36.2 Å². The molecular formula is C26H29ClN6O3. The number of para-hydroxylation sites is 1. The maximum Gasteiger partial charge on any atom is 0.318 e. The second-order valence-corrected chi connectivity index (χ2v) is 9.05. The van der Waals surface area contributed by atoms with Gasteiger partial charge < -0.3 is 20.4 Å². The minimum atomic E-state index is -0.361. The Morgan fingerprint density at radius 3 is 2.64 bits per heavy atom. The summed E-state index contributed by atoms with van der Waals surface area (Å²) in [6.45, 7) is 4.86. The third-order valence-electron chi connectivity index (χ3n) is 6.03. The van der Waals surface area contributed by atoms with Gasteiger partial charge in [-0.25, -0.2) is 9.48 Å². The summed E-state index contributed by atoms with van der Waals surface area (Å²) in [7, 11) is 0. The SMILES string of the molecule is CCCNC(=O)CNC(=O)N1Cc2ccccc2N(C(=O)c2ccc(-n3cccn3)cc2Cl)C[C@H]1C. The second kappa shape index (κ2) is 11.3. The largest absolute Gasteiger partial charge is 0.355 e. The third kappa shape index (κ3) is 5.52. The lowest BCUT2D eigenvalue weighted by molar-refractivity contribution is -0.120. The highest BCUT2D eigenvalue weighted by Crippen LogP contribution is 2.30. The molecular weight excluding hydrogens is 480 g/mol. The number of fused-ring (bicyclic) bond motifs is 1. The Morgan fingerprint density at radius 1 is 1.11 bits per heavy atom. The van der Waals surface area contributed by atoms with Gasteiger partial charge in [0.1, 0.15) is 0 Å². The van der Waals surface area contributed by atoms with E-state index in [4.69, 9.17) is 11.6 Å². The predicted octanol–water partition coefficient (Wildman–Crippen LogP) is 3.61. The molecule has 3 aromatic rings. The molecule has 0 spiro atoms. The van der Waals surface area contributed by atoms with E-state index in [1.807, 2.05) is 44.2 Å². The normalized spacial score (nSPS) is 15.1. The Hall–Kier alpha value is -3.85. The molecule has 1 aliphatic rings. The molecule has 0 saturated heterocycles. The van der Waals surface area contributed by atoms with Crippen LogP contribution in [0.15, 0.2) is 60.9 Å². The molecule has 0 bridgehead atoms. The van der Waals surface area contributed by atoms with Gasteiger partial charge in [0.25, 0.3) is 5.91 Å². The van der Waals surface area contributed by atoms with Gasteiger partial charge in [0.2, 0.25) is 5.91 Å². The molecule has 1 aliphatic heterocycles. The first-order chi connectivity index (χ1) is 17.4. The van der Waals surface area contributed by atoms with E-state index in [0.29, 0.717) is 23.7 Å². The number of hydrogen-bond acceptors (Lipinski definition) is 4. The van der Waals surface area contributed by atoms with Crippen LogP contribution in [0.2, 0.25) is 5.02 Å². The Kier molecular flexibility index (Phi) is 7.90. The van der Waals surface area contributed by atoms with E-state index in [0.717, 1.165) is 23.4 Å². The van der Waals surface area contributed by atoms with Gasteiger partial charge >= 0.3 is 6.03 Å². The summed E-state index contributed by atoms with van der Waals surface area (Å²) in [6.07, 6.45) is 4.29. The van der Waals surface area contributed by atoms with Crippen molar-refractivity contribution < 1.29 is 14.4 Å². The molecule has 0 unspecified atom stereocenters. The van der Waals surface area contributed by atoms with Gasteiger partial charge in [-0.15, -0.1) is 0 Å². The van der Waals surface area contributed by atoms with E-state index in [2.05, 4.69) is 15.7 Å². The van der Waals surface area contributed by atoms with Crippen LogP contribution in [-0.4, -0.2) is 58.2 Å². The van der Waals surface area contributed by atoms with Crippen molar-refractivity contribution >= 4 is 35.1 Å². The number of nitrogens with one attached hydrogen (secondary N) is 2. The molecule has 0 fully saturated rings. The van der Waals surface area contributed by atoms with E-state index in [9.17, 15) is 14.4 Å². The maximum atomic E-state index is 13.7. The number of carbonyl (C=O) groups excluding carboxylic acids is 3. The summed E-state index contributed by atoms with van der Waals surface area (Å²) in [5, 5.41) is 9.96. The molecule has 2 heterocycles. The topological polar surface area (TPSA) is 99.6 Å². The lowest BCUT2D eigenvalue weighted by Gasteiger charge is -2.29. The third-order valence-corrected chi connectivity index (χ3v) is 6.35. The fraction of sp³-hybridized carbons (Fsp3) is 0.308. The number of hydrogen-bond donors (Lipinski definition) is 2. The fourth-order valence-corrected chi connectivity index (χ4v) is 4.40. The van der Waals surface area contributed by atoms with Crippen LogP contribution in [0.4, 0.5) is 10.5 Å². The number of nitrogens with zero attached hydrogens (tertiary/aromatic N) is 4. The zero-order valence-electron chi connectivity index (χ0n) is 20.3. The average molecular weight is 509 g/mol. The minimum absolute atomic E-state index is 0.107. The first-order valence-electron chi connectivity index (χ1n) is 11.9. The minimum Gasteiger partial charge on any atom is -0.355 e. The van der Waals surface area contributed by atoms with Crippen molar-refractivity contribution in [2.75, 3.05) is 24.5 Å². The Morgan fingerprint density at radius 2 is 1.92 bits per heavy atom. The van der Waals surface area contributed by atoms with Crippen molar-refractivity contribution in [3.05, 3.63) is 77.1 Å². The van der Waals surface area contributed by atoms with Crippen LogP contribution < -0.4 is 15.5 Å². The summed E-state index contributed by atoms with van der Waals surface area (Å²) in [5.74, 6) is -0.495. The molecule has 10 heteroatoms. The molecule has 9 nitrogen and oxygen atoms in total. The van der Waals surface area contributed by atoms with Crippen molar-refractivity contribution in [1.29, 1.82) is 0 Å². The highest BCUT2D eigenvalue weighted by atomic mass is 35.5. The summed E-state index contributed by atoms with van der Waals surface area (Å²) in [5.41, 5.74) is 2.65. The van der Waals surface area contributed by atoms with Crippen molar-refractivity contribution in [3.63, 3.8) is 0 Å². The summed E-state index contributed by atoms with van der Waals surface area (Å²) in [4.78, 5) is 42.0. The smallest absolute Gasteiger partial charge is 0.318 e. The Labute approximate surface area is 215 Å². The lowest BCUT2D eigenvalue weighted by Crippen LogP contribution is -2.50. The number of urea groups is 1. The van der Waals surface area contributed by atoms with Crippen LogP contribution >= 0.6 is 11.6 Å². The number of halogens is 1. The van der Waals surface area contributed by atoms with Crippen LogP contribution in [0.3, 0.4) is 0 Å². The van der Waals surface area contributed by atoms with Crippen LogP contribution in [0.25, 0.3) is 5.69 Å².